The molecule has 0 atom stereocenters. The minimum atomic E-state index is 0.0451. The van der Waals surface area contributed by atoms with Crippen molar-refractivity contribution in [1.29, 1.82) is 0 Å². The Labute approximate surface area is 81.3 Å². The van der Waals surface area contributed by atoms with Crippen molar-refractivity contribution in [2.24, 2.45) is 5.73 Å². The zero-order chi connectivity index (χ0) is 9.84. The van der Waals surface area contributed by atoms with Gasteiger partial charge >= 0.3 is 0 Å². The Morgan fingerprint density at radius 2 is 2.31 bits per heavy atom. The van der Waals surface area contributed by atoms with Gasteiger partial charge in [-0.25, -0.2) is 0 Å². The van der Waals surface area contributed by atoms with Gasteiger partial charge in [0.2, 0.25) is 0 Å². The lowest BCUT2D eigenvalue weighted by Gasteiger charge is -2.06. The van der Waals surface area contributed by atoms with Gasteiger partial charge in [-0.15, -0.1) is 0 Å². The Hall–Kier alpha value is -1.49. The average molecular weight is 198 g/mol. The molecule has 0 aliphatic rings. The van der Waals surface area contributed by atoms with E-state index in [0.717, 1.165) is 0 Å². The lowest BCUT2D eigenvalue weighted by atomic mass is 10.3. The van der Waals surface area contributed by atoms with Crippen LogP contribution in [-0.2, 0) is 0 Å². The first-order chi connectivity index (χ1) is 6.13. The molecule has 1 rings (SSSR count). The molecule has 5 heteroatoms. The molecule has 70 valence electrons. The highest BCUT2D eigenvalue weighted by Gasteiger charge is 2.01. The quantitative estimate of drug-likeness (QED) is 0.620. The van der Waals surface area contributed by atoms with Crippen LogP contribution in [0.15, 0.2) is 18.2 Å². The Morgan fingerprint density at radius 3 is 2.77 bits per heavy atom. The first kappa shape index (κ1) is 9.60. The van der Waals surface area contributed by atoms with Crippen LogP contribution in [0.25, 0.3) is 0 Å². The standard InChI is InChI=1S/C8H10N2O2S/c1-12-7-3-2-5(4-6(7)11)10-8(9)13/h2-4,11H,1H3,(H3,9,10,13). The molecule has 13 heavy (non-hydrogen) atoms. The summed E-state index contributed by atoms with van der Waals surface area (Å²) in [7, 11) is 1.48. The molecule has 4 nitrogen and oxygen atoms in total. The summed E-state index contributed by atoms with van der Waals surface area (Å²) in [4.78, 5) is 0. The summed E-state index contributed by atoms with van der Waals surface area (Å²) in [6.45, 7) is 0. The van der Waals surface area contributed by atoms with Crippen molar-refractivity contribution >= 4 is 23.0 Å². The molecule has 1 aromatic rings. The number of nitrogens with two attached hydrogens (primary N) is 1. The van der Waals surface area contributed by atoms with Gasteiger partial charge in [-0.2, -0.15) is 0 Å². The smallest absolute Gasteiger partial charge is 0.168 e. The van der Waals surface area contributed by atoms with E-state index in [1.807, 2.05) is 0 Å². The topological polar surface area (TPSA) is 67.5 Å². The van der Waals surface area contributed by atoms with Gasteiger partial charge in [0, 0.05) is 11.8 Å². The fourth-order valence-corrected chi connectivity index (χ4v) is 1.03. The third kappa shape index (κ3) is 2.48. The number of thiocarbonyl (C=S) groups is 1. The van der Waals surface area contributed by atoms with Gasteiger partial charge in [0.15, 0.2) is 16.6 Å². The number of nitrogens with one attached hydrogen (secondary N) is 1. The van der Waals surface area contributed by atoms with Gasteiger partial charge < -0.3 is 20.9 Å². The second-order valence-electron chi connectivity index (χ2n) is 2.38. The number of hydrogen-bond donors (Lipinski definition) is 3. The van der Waals surface area contributed by atoms with Crippen molar-refractivity contribution in [3.63, 3.8) is 0 Å². The predicted octanol–water partition coefficient (Wildman–Crippen LogP) is 1.06. The van der Waals surface area contributed by atoms with Gasteiger partial charge in [-0.1, -0.05) is 0 Å². The highest BCUT2D eigenvalue weighted by atomic mass is 32.1. The van der Waals surface area contributed by atoms with Crippen molar-refractivity contribution < 1.29 is 9.84 Å². The highest BCUT2D eigenvalue weighted by molar-refractivity contribution is 7.80. The number of anilines is 1. The number of phenolic OH excluding ortho intramolecular Hbond substituents is 1. The van der Waals surface area contributed by atoms with Crippen LogP contribution < -0.4 is 15.8 Å². The molecule has 0 spiro atoms. The van der Waals surface area contributed by atoms with E-state index in [1.165, 1.54) is 13.2 Å². The fraction of sp³-hybridized carbons (Fsp3) is 0.125. The molecule has 0 aliphatic carbocycles. The van der Waals surface area contributed by atoms with E-state index in [-0.39, 0.29) is 10.9 Å². The van der Waals surface area contributed by atoms with E-state index >= 15 is 0 Å². The Morgan fingerprint density at radius 1 is 1.62 bits per heavy atom. The van der Waals surface area contributed by atoms with E-state index in [0.29, 0.717) is 11.4 Å². The largest absolute Gasteiger partial charge is 0.504 e. The van der Waals surface area contributed by atoms with E-state index in [4.69, 9.17) is 10.5 Å². The maximum atomic E-state index is 9.36. The van der Waals surface area contributed by atoms with Crippen LogP contribution >= 0.6 is 12.2 Å². The zero-order valence-electron chi connectivity index (χ0n) is 7.07. The summed E-state index contributed by atoms with van der Waals surface area (Å²) >= 11 is 4.64. The van der Waals surface area contributed by atoms with Crippen LogP contribution in [0.5, 0.6) is 11.5 Å². The molecule has 1 aromatic carbocycles. The van der Waals surface area contributed by atoms with Crippen molar-refractivity contribution in [2.45, 2.75) is 0 Å². The van der Waals surface area contributed by atoms with Gasteiger partial charge in [0.25, 0.3) is 0 Å². The summed E-state index contributed by atoms with van der Waals surface area (Å²) in [5.41, 5.74) is 5.88. The summed E-state index contributed by atoms with van der Waals surface area (Å²) in [5, 5.41) is 12.2. The summed E-state index contributed by atoms with van der Waals surface area (Å²) in [6.07, 6.45) is 0. The molecule has 0 saturated heterocycles. The van der Waals surface area contributed by atoms with Gasteiger partial charge in [0.05, 0.1) is 7.11 Å². The Kier molecular flexibility index (Phi) is 2.92. The van der Waals surface area contributed by atoms with E-state index < -0.39 is 0 Å². The van der Waals surface area contributed by atoms with Crippen molar-refractivity contribution in [3.05, 3.63) is 18.2 Å². The van der Waals surface area contributed by atoms with Crippen LogP contribution in [0, 0.1) is 0 Å². The predicted molar refractivity (Wildman–Crippen MR) is 55.1 cm³/mol. The Bertz CT molecular complexity index is 328. The second kappa shape index (κ2) is 3.95. The SMILES string of the molecule is COc1ccc(NC(N)=S)cc1O. The first-order valence-electron chi connectivity index (χ1n) is 3.57. The van der Waals surface area contributed by atoms with Crippen molar-refractivity contribution in [2.75, 3.05) is 12.4 Å². The molecule has 0 aliphatic heterocycles. The number of benzene rings is 1. The zero-order valence-corrected chi connectivity index (χ0v) is 7.89. The van der Waals surface area contributed by atoms with Gasteiger partial charge in [-0.3, -0.25) is 0 Å². The number of ether oxygens (including phenoxy) is 1. The van der Waals surface area contributed by atoms with Gasteiger partial charge in [0.1, 0.15) is 0 Å². The molecule has 4 N–H and O–H groups in total. The Balaban J connectivity index is 2.89. The monoisotopic (exact) mass is 198 g/mol. The second-order valence-corrected chi connectivity index (χ2v) is 2.82. The molecular weight excluding hydrogens is 188 g/mol. The fourth-order valence-electron chi connectivity index (χ4n) is 0.910. The van der Waals surface area contributed by atoms with Crippen LogP contribution in [0.2, 0.25) is 0 Å². The molecule has 0 aromatic heterocycles. The third-order valence-corrected chi connectivity index (χ3v) is 1.55. The van der Waals surface area contributed by atoms with Crippen LogP contribution in [-0.4, -0.2) is 17.3 Å². The molecule has 0 amide bonds. The van der Waals surface area contributed by atoms with Crippen molar-refractivity contribution in [1.82, 2.24) is 0 Å². The van der Waals surface area contributed by atoms with Crippen LogP contribution in [0.1, 0.15) is 0 Å². The maximum absolute atomic E-state index is 9.36. The summed E-state index contributed by atoms with van der Waals surface area (Å²) in [5.74, 6) is 0.456. The van der Waals surface area contributed by atoms with E-state index in [9.17, 15) is 5.11 Å². The first-order valence-corrected chi connectivity index (χ1v) is 3.98. The van der Waals surface area contributed by atoms with Crippen LogP contribution in [0.4, 0.5) is 5.69 Å². The number of methoxy groups -OCH3 is 1. The number of hydrogen-bond acceptors (Lipinski definition) is 3. The molecule has 0 bridgehead atoms. The summed E-state index contributed by atoms with van der Waals surface area (Å²) in [6, 6.07) is 4.81. The lowest BCUT2D eigenvalue weighted by Crippen LogP contribution is -2.18. The third-order valence-electron chi connectivity index (χ3n) is 1.45. The van der Waals surface area contributed by atoms with E-state index in [2.05, 4.69) is 17.5 Å². The molecule has 0 radical (unpaired) electrons. The normalized spacial score (nSPS) is 9.31. The summed E-state index contributed by atoms with van der Waals surface area (Å²) < 4.78 is 4.86. The number of aromatic hydroxyl groups is 1. The minimum Gasteiger partial charge on any atom is -0.504 e. The number of phenols is 1. The lowest BCUT2D eigenvalue weighted by molar-refractivity contribution is 0.373. The average Bonchev–Trinajstić information content (AvgIpc) is 2.03. The van der Waals surface area contributed by atoms with Gasteiger partial charge in [-0.05, 0) is 24.4 Å². The highest BCUT2D eigenvalue weighted by Crippen LogP contribution is 2.28. The van der Waals surface area contributed by atoms with Crippen LogP contribution in [0.3, 0.4) is 0 Å². The van der Waals surface area contributed by atoms with Crippen molar-refractivity contribution in [3.8, 4) is 11.5 Å². The molecule has 0 fully saturated rings. The molecular formula is C8H10N2O2S. The van der Waals surface area contributed by atoms with E-state index in [1.54, 1.807) is 12.1 Å². The molecule has 0 heterocycles. The minimum absolute atomic E-state index is 0.0451. The number of rotatable bonds is 2. The molecule has 0 saturated carbocycles. The maximum Gasteiger partial charge on any atom is 0.168 e. The molecule has 0 unspecified atom stereocenters.